The van der Waals surface area contributed by atoms with Crippen molar-refractivity contribution >= 4 is 43.4 Å². The van der Waals surface area contributed by atoms with Crippen molar-refractivity contribution in [3.63, 3.8) is 0 Å². The number of hydrogen-bond acceptors (Lipinski definition) is 4. The normalized spacial score (nSPS) is 13.5. The number of hydrogen-bond donors (Lipinski definition) is 1. The van der Waals surface area contributed by atoms with E-state index in [1.165, 1.54) is 16.4 Å². The molecule has 0 saturated heterocycles. The van der Waals surface area contributed by atoms with Crippen LogP contribution in [0.5, 0.6) is 0 Å². The van der Waals surface area contributed by atoms with Crippen molar-refractivity contribution in [3.8, 4) is 0 Å². The third kappa shape index (κ3) is 1.81. The first kappa shape index (κ1) is 14.2. The predicted octanol–water partition coefficient (Wildman–Crippen LogP) is 2.99. The lowest BCUT2D eigenvalue weighted by atomic mass is 10.1. The Hall–Kier alpha value is -3.19. The van der Waals surface area contributed by atoms with Crippen molar-refractivity contribution < 1.29 is 13.2 Å². The van der Waals surface area contributed by atoms with Crippen LogP contribution < -0.4 is 5.32 Å². The average molecular weight is 349 g/mol. The summed E-state index contributed by atoms with van der Waals surface area (Å²) in [5.41, 5.74) is 2.24. The molecule has 0 spiro atoms. The largest absolute Gasteiger partial charge is 0.321 e. The molecule has 4 aromatic rings. The molecule has 3 aromatic carbocycles. The number of carbonyl (C=O) groups excluding carboxylic acids is 1. The Balaban J connectivity index is 1.85. The monoisotopic (exact) mass is 349 g/mol. The highest BCUT2D eigenvalue weighted by Crippen LogP contribution is 2.37. The van der Waals surface area contributed by atoms with Crippen LogP contribution in [0, 0.1) is 0 Å². The maximum absolute atomic E-state index is 13.3. The molecular formula is C18H11N3O3S. The molecule has 6 nitrogen and oxygen atoms in total. The predicted molar refractivity (Wildman–Crippen MR) is 94.2 cm³/mol. The van der Waals surface area contributed by atoms with Gasteiger partial charge in [0.2, 0.25) is 0 Å². The number of fused-ring (bicyclic) bond motifs is 1. The zero-order valence-electron chi connectivity index (χ0n) is 12.8. The SMILES string of the molecule is O=C1Nc2ccc(S(=O)(=O)n3cnc4ccccc43)c3cccc1c23. The molecule has 7 heteroatoms. The Morgan fingerprint density at radius 3 is 2.68 bits per heavy atom. The molecule has 122 valence electrons. The number of imidazole rings is 1. The van der Waals surface area contributed by atoms with Crippen LogP contribution in [0.1, 0.15) is 10.4 Å². The molecule has 5 rings (SSSR count). The fourth-order valence-corrected chi connectivity index (χ4v) is 4.81. The van der Waals surface area contributed by atoms with E-state index in [4.69, 9.17) is 0 Å². The van der Waals surface area contributed by atoms with Crippen molar-refractivity contribution in [2.24, 2.45) is 0 Å². The van der Waals surface area contributed by atoms with Gasteiger partial charge in [-0.15, -0.1) is 0 Å². The molecule has 0 unspecified atom stereocenters. The van der Waals surface area contributed by atoms with Gasteiger partial charge in [0.1, 0.15) is 6.33 Å². The van der Waals surface area contributed by atoms with E-state index in [0.717, 1.165) is 0 Å². The third-order valence-corrected chi connectivity index (χ3v) is 6.17. The molecule has 0 aliphatic carbocycles. The number of amides is 1. The summed E-state index contributed by atoms with van der Waals surface area (Å²) in [4.78, 5) is 16.3. The summed E-state index contributed by atoms with van der Waals surface area (Å²) in [5, 5.41) is 3.92. The Morgan fingerprint density at radius 1 is 0.960 bits per heavy atom. The molecule has 1 aromatic heterocycles. The molecule has 0 saturated carbocycles. The molecular weight excluding hydrogens is 338 g/mol. The quantitative estimate of drug-likeness (QED) is 0.603. The summed E-state index contributed by atoms with van der Waals surface area (Å²) < 4.78 is 27.7. The maximum atomic E-state index is 13.3. The number of carbonyl (C=O) groups is 1. The van der Waals surface area contributed by atoms with Crippen LogP contribution >= 0.6 is 0 Å². The van der Waals surface area contributed by atoms with Crippen molar-refractivity contribution in [3.05, 3.63) is 66.5 Å². The van der Waals surface area contributed by atoms with Gasteiger partial charge in [-0.2, -0.15) is 0 Å². The van der Waals surface area contributed by atoms with Crippen molar-refractivity contribution in [2.45, 2.75) is 4.90 Å². The van der Waals surface area contributed by atoms with Crippen LogP contribution in [0.4, 0.5) is 5.69 Å². The van der Waals surface area contributed by atoms with Crippen LogP contribution in [-0.4, -0.2) is 23.3 Å². The van der Waals surface area contributed by atoms with Gasteiger partial charge in [0, 0.05) is 22.0 Å². The van der Waals surface area contributed by atoms with Gasteiger partial charge in [0.15, 0.2) is 0 Å². The summed E-state index contributed by atoms with van der Waals surface area (Å²) in [5.74, 6) is -0.219. The van der Waals surface area contributed by atoms with E-state index in [2.05, 4.69) is 10.3 Å². The second kappa shape index (κ2) is 4.67. The van der Waals surface area contributed by atoms with Crippen LogP contribution in [-0.2, 0) is 10.0 Å². The molecule has 1 aliphatic heterocycles. The topological polar surface area (TPSA) is 81.1 Å². The minimum absolute atomic E-state index is 0.146. The van der Waals surface area contributed by atoms with Crippen LogP contribution in [0.3, 0.4) is 0 Å². The summed E-state index contributed by atoms with van der Waals surface area (Å²) in [7, 11) is -3.86. The van der Waals surface area contributed by atoms with E-state index in [-0.39, 0.29) is 10.8 Å². The van der Waals surface area contributed by atoms with Crippen molar-refractivity contribution in [2.75, 3.05) is 5.32 Å². The lowest BCUT2D eigenvalue weighted by Gasteiger charge is -2.10. The van der Waals surface area contributed by atoms with Crippen LogP contribution in [0.15, 0.2) is 65.8 Å². The van der Waals surface area contributed by atoms with E-state index in [9.17, 15) is 13.2 Å². The molecule has 0 bridgehead atoms. The number of nitrogens with one attached hydrogen (secondary N) is 1. The van der Waals surface area contributed by atoms with Gasteiger partial charge >= 0.3 is 0 Å². The Bertz CT molecular complexity index is 1310. The van der Waals surface area contributed by atoms with Gasteiger partial charge in [-0.3, -0.25) is 4.79 Å². The van der Waals surface area contributed by atoms with Crippen LogP contribution in [0.25, 0.3) is 21.8 Å². The smallest absolute Gasteiger partial charge is 0.270 e. The molecule has 0 atom stereocenters. The number of benzene rings is 3. The first-order valence-electron chi connectivity index (χ1n) is 7.62. The summed E-state index contributed by atoms with van der Waals surface area (Å²) in [6, 6.07) is 15.3. The Labute approximate surface area is 142 Å². The van der Waals surface area contributed by atoms with Crippen molar-refractivity contribution in [1.29, 1.82) is 0 Å². The molecule has 1 N–H and O–H groups in total. The fourth-order valence-electron chi connectivity index (χ4n) is 3.32. The third-order valence-electron chi connectivity index (χ3n) is 4.45. The first-order chi connectivity index (χ1) is 12.1. The first-order valence-corrected chi connectivity index (χ1v) is 9.06. The van der Waals surface area contributed by atoms with E-state index in [1.54, 1.807) is 42.5 Å². The average Bonchev–Trinajstić information content (AvgIpc) is 3.18. The molecule has 1 aliphatic rings. The highest BCUT2D eigenvalue weighted by atomic mass is 32.2. The molecule has 2 heterocycles. The van der Waals surface area contributed by atoms with Gasteiger partial charge in [0.25, 0.3) is 15.9 Å². The fraction of sp³-hybridized carbons (Fsp3) is 0. The molecule has 0 fully saturated rings. The van der Waals surface area contributed by atoms with E-state index in [1.807, 2.05) is 6.07 Å². The molecule has 0 radical (unpaired) electrons. The van der Waals surface area contributed by atoms with Gasteiger partial charge in [0.05, 0.1) is 15.9 Å². The zero-order chi connectivity index (χ0) is 17.2. The van der Waals surface area contributed by atoms with Gasteiger partial charge in [-0.25, -0.2) is 17.4 Å². The van der Waals surface area contributed by atoms with Gasteiger partial charge in [-0.1, -0.05) is 24.3 Å². The summed E-state index contributed by atoms with van der Waals surface area (Å²) in [6.45, 7) is 0. The number of anilines is 1. The Kier molecular flexibility index (Phi) is 2.65. The van der Waals surface area contributed by atoms with Crippen molar-refractivity contribution in [1.82, 2.24) is 8.96 Å². The minimum atomic E-state index is -3.86. The molecule has 1 amide bonds. The standard InChI is InChI=1S/C18H11N3O3S/c22-18-12-5-3-4-11-16(9-8-14(20-18)17(11)12)25(23,24)21-10-19-13-6-1-2-7-15(13)21/h1-10H,(H,20,22). The van der Waals surface area contributed by atoms with E-state index >= 15 is 0 Å². The number of nitrogens with zero attached hydrogens (tertiary/aromatic N) is 2. The van der Waals surface area contributed by atoms with E-state index in [0.29, 0.717) is 33.1 Å². The molecule has 25 heavy (non-hydrogen) atoms. The minimum Gasteiger partial charge on any atom is -0.321 e. The van der Waals surface area contributed by atoms with E-state index < -0.39 is 10.0 Å². The lowest BCUT2D eigenvalue weighted by molar-refractivity contribution is 0.103. The van der Waals surface area contributed by atoms with Gasteiger partial charge in [-0.05, 0) is 30.3 Å². The highest BCUT2D eigenvalue weighted by Gasteiger charge is 2.27. The highest BCUT2D eigenvalue weighted by molar-refractivity contribution is 7.90. The number of aromatic nitrogens is 2. The second-order valence-corrected chi connectivity index (χ2v) is 7.61. The zero-order valence-corrected chi connectivity index (χ0v) is 13.6. The Morgan fingerprint density at radius 2 is 1.80 bits per heavy atom. The summed E-state index contributed by atoms with van der Waals surface area (Å²) in [6.07, 6.45) is 1.31. The maximum Gasteiger partial charge on any atom is 0.270 e. The number of para-hydroxylation sites is 2. The van der Waals surface area contributed by atoms with Gasteiger partial charge < -0.3 is 5.32 Å². The lowest BCUT2D eigenvalue weighted by Crippen LogP contribution is -2.12. The van der Waals surface area contributed by atoms with Crippen LogP contribution in [0.2, 0.25) is 0 Å². The summed E-state index contributed by atoms with van der Waals surface area (Å²) >= 11 is 0. The second-order valence-electron chi connectivity index (χ2n) is 5.83. The number of rotatable bonds is 2.